The Bertz CT molecular complexity index is 315. The van der Waals surface area contributed by atoms with E-state index in [1.54, 1.807) is 11.3 Å². The summed E-state index contributed by atoms with van der Waals surface area (Å²) in [6, 6.07) is 2.80. The largest absolute Gasteiger partial charge is 0.381 e. The van der Waals surface area contributed by atoms with Crippen LogP contribution in [0.3, 0.4) is 0 Å². The number of hydrogen-bond donors (Lipinski definition) is 1. The Labute approximate surface area is 108 Å². The number of rotatable bonds is 6. The molecule has 0 aromatic carbocycles. The summed E-state index contributed by atoms with van der Waals surface area (Å²) in [4.78, 5) is 0. The molecule has 0 saturated carbocycles. The predicted octanol–water partition coefficient (Wildman–Crippen LogP) is 3.09. The van der Waals surface area contributed by atoms with E-state index in [-0.39, 0.29) is 0 Å². The lowest BCUT2D eigenvalue weighted by Crippen LogP contribution is -2.38. The van der Waals surface area contributed by atoms with E-state index in [4.69, 9.17) is 4.74 Å². The van der Waals surface area contributed by atoms with E-state index in [0.717, 1.165) is 19.8 Å². The lowest BCUT2D eigenvalue weighted by atomic mass is 9.81. The molecule has 0 amide bonds. The topological polar surface area (TPSA) is 21.3 Å². The normalized spacial score (nSPS) is 24.6. The minimum absolute atomic E-state index is 0.367. The highest BCUT2D eigenvalue weighted by Gasteiger charge is 2.34. The summed E-state index contributed by atoms with van der Waals surface area (Å²) in [5, 5.41) is 8.01. The van der Waals surface area contributed by atoms with Crippen molar-refractivity contribution in [3.63, 3.8) is 0 Å². The highest BCUT2D eigenvalue weighted by atomic mass is 32.1. The van der Waals surface area contributed by atoms with Crippen molar-refractivity contribution in [3.05, 3.63) is 22.4 Å². The maximum atomic E-state index is 5.63. The molecule has 1 atom stereocenters. The van der Waals surface area contributed by atoms with Crippen LogP contribution in [0, 0.1) is 5.41 Å². The van der Waals surface area contributed by atoms with Gasteiger partial charge in [0.1, 0.15) is 0 Å². The summed E-state index contributed by atoms with van der Waals surface area (Å²) in [6.45, 7) is 7.37. The highest BCUT2D eigenvalue weighted by Crippen LogP contribution is 2.33. The number of nitrogens with one attached hydrogen (secondary N) is 1. The van der Waals surface area contributed by atoms with Crippen molar-refractivity contribution in [1.29, 1.82) is 0 Å². The van der Waals surface area contributed by atoms with Gasteiger partial charge in [0.2, 0.25) is 0 Å². The smallest absolute Gasteiger partial charge is 0.0535 e. The predicted molar refractivity (Wildman–Crippen MR) is 73.6 cm³/mol. The molecule has 1 aromatic rings. The maximum absolute atomic E-state index is 5.63. The Morgan fingerprint density at radius 3 is 3.00 bits per heavy atom. The van der Waals surface area contributed by atoms with Crippen molar-refractivity contribution in [2.75, 3.05) is 19.8 Å². The second kappa shape index (κ2) is 5.98. The van der Waals surface area contributed by atoms with Crippen LogP contribution in [0.25, 0.3) is 0 Å². The lowest BCUT2D eigenvalue weighted by molar-refractivity contribution is 0.142. The van der Waals surface area contributed by atoms with Crippen LogP contribution in [-0.2, 0) is 11.2 Å². The molecule has 0 radical (unpaired) electrons. The summed E-state index contributed by atoms with van der Waals surface area (Å²) in [5.74, 6) is 0. The van der Waals surface area contributed by atoms with Gasteiger partial charge < -0.3 is 10.1 Å². The van der Waals surface area contributed by atoms with Crippen molar-refractivity contribution in [2.45, 2.75) is 39.2 Å². The zero-order valence-electron chi connectivity index (χ0n) is 10.9. The molecular weight excluding hydrogens is 230 g/mol. The van der Waals surface area contributed by atoms with E-state index in [9.17, 15) is 0 Å². The first-order chi connectivity index (χ1) is 8.20. The third-order valence-electron chi connectivity index (χ3n) is 3.59. The summed E-state index contributed by atoms with van der Waals surface area (Å²) in [7, 11) is 0. The zero-order valence-corrected chi connectivity index (χ0v) is 11.7. The maximum Gasteiger partial charge on any atom is 0.0535 e. The molecule has 2 nitrogen and oxygen atoms in total. The van der Waals surface area contributed by atoms with E-state index in [1.807, 2.05) is 0 Å². The summed E-state index contributed by atoms with van der Waals surface area (Å²) >= 11 is 1.79. The van der Waals surface area contributed by atoms with E-state index < -0.39 is 0 Å². The van der Waals surface area contributed by atoms with Crippen molar-refractivity contribution in [2.24, 2.45) is 5.41 Å². The van der Waals surface area contributed by atoms with Crippen molar-refractivity contribution in [3.8, 4) is 0 Å². The van der Waals surface area contributed by atoms with E-state index in [2.05, 4.69) is 36.0 Å². The quantitative estimate of drug-likeness (QED) is 0.841. The van der Waals surface area contributed by atoms with Gasteiger partial charge in [0.15, 0.2) is 0 Å². The summed E-state index contributed by atoms with van der Waals surface area (Å²) in [5.41, 5.74) is 1.84. The Morgan fingerprint density at radius 1 is 1.53 bits per heavy atom. The molecule has 1 aliphatic heterocycles. The molecule has 3 heteroatoms. The first-order valence-electron chi connectivity index (χ1n) is 6.52. The average Bonchev–Trinajstić information content (AvgIpc) is 2.96. The third-order valence-corrected chi connectivity index (χ3v) is 4.33. The molecule has 2 heterocycles. The lowest BCUT2D eigenvalue weighted by Gasteiger charge is -2.28. The van der Waals surface area contributed by atoms with Crippen LogP contribution < -0.4 is 5.32 Å². The minimum atomic E-state index is 0.367. The number of aryl methyl sites for hydroxylation is 1. The molecule has 0 aliphatic carbocycles. The minimum Gasteiger partial charge on any atom is -0.381 e. The zero-order chi connectivity index (χ0) is 12.1. The van der Waals surface area contributed by atoms with Gasteiger partial charge in [-0.2, -0.15) is 11.3 Å². The Morgan fingerprint density at radius 2 is 2.41 bits per heavy atom. The molecule has 1 aromatic heterocycles. The van der Waals surface area contributed by atoms with Crippen LogP contribution in [0.15, 0.2) is 16.8 Å². The summed E-state index contributed by atoms with van der Waals surface area (Å²) < 4.78 is 5.63. The fraction of sp³-hybridized carbons (Fsp3) is 0.714. The molecule has 1 saturated heterocycles. The molecule has 1 fully saturated rings. The second-order valence-electron chi connectivity index (χ2n) is 5.47. The fourth-order valence-corrected chi connectivity index (χ4v) is 3.04. The van der Waals surface area contributed by atoms with Crippen molar-refractivity contribution < 1.29 is 4.74 Å². The van der Waals surface area contributed by atoms with E-state index in [0.29, 0.717) is 11.5 Å². The van der Waals surface area contributed by atoms with Crippen LogP contribution in [0.1, 0.15) is 32.3 Å². The van der Waals surface area contributed by atoms with Gasteiger partial charge in [0, 0.05) is 24.6 Å². The van der Waals surface area contributed by atoms with Crippen molar-refractivity contribution in [1.82, 2.24) is 5.32 Å². The second-order valence-corrected chi connectivity index (χ2v) is 6.25. The standard InChI is InChI=1S/C14H23NOS/c1-12(2)15-10-14(6-7-16-11-14)5-3-13-4-8-17-9-13/h4,8-9,12,15H,3,5-7,10-11H2,1-2H3. The third kappa shape index (κ3) is 3.80. The van der Waals surface area contributed by atoms with Gasteiger partial charge in [-0.15, -0.1) is 0 Å². The van der Waals surface area contributed by atoms with Gasteiger partial charge in [0.25, 0.3) is 0 Å². The van der Waals surface area contributed by atoms with Gasteiger partial charge in [-0.25, -0.2) is 0 Å². The number of ether oxygens (including phenoxy) is 1. The number of hydrogen-bond acceptors (Lipinski definition) is 3. The summed E-state index contributed by atoms with van der Waals surface area (Å²) in [6.07, 6.45) is 3.63. The Hall–Kier alpha value is -0.380. The first kappa shape index (κ1) is 13.1. The van der Waals surface area contributed by atoms with Crippen LogP contribution in [0.5, 0.6) is 0 Å². The molecule has 0 bridgehead atoms. The van der Waals surface area contributed by atoms with Crippen LogP contribution >= 0.6 is 11.3 Å². The SMILES string of the molecule is CC(C)NCC1(CCc2ccsc2)CCOC1. The molecule has 1 aliphatic rings. The molecule has 0 spiro atoms. The highest BCUT2D eigenvalue weighted by molar-refractivity contribution is 7.07. The monoisotopic (exact) mass is 253 g/mol. The van der Waals surface area contributed by atoms with E-state index in [1.165, 1.54) is 24.8 Å². The number of thiophene rings is 1. The Balaban J connectivity index is 1.87. The molecule has 1 unspecified atom stereocenters. The van der Waals surface area contributed by atoms with Crippen LogP contribution in [0.2, 0.25) is 0 Å². The van der Waals surface area contributed by atoms with Gasteiger partial charge in [-0.05, 0) is 41.7 Å². The van der Waals surface area contributed by atoms with Crippen LogP contribution in [0.4, 0.5) is 0 Å². The molecular formula is C14H23NOS. The molecule has 96 valence electrons. The fourth-order valence-electron chi connectivity index (χ4n) is 2.34. The van der Waals surface area contributed by atoms with E-state index >= 15 is 0 Å². The first-order valence-corrected chi connectivity index (χ1v) is 7.47. The molecule has 1 N–H and O–H groups in total. The molecule has 2 rings (SSSR count). The van der Waals surface area contributed by atoms with Crippen LogP contribution in [-0.4, -0.2) is 25.8 Å². The van der Waals surface area contributed by atoms with Crippen molar-refractivity contribution >= 4 is 11.3 Å². The Kier molecular flexibility index (Phi) is 4.60. The molecule has 17 heavy (non-hydrogen) atoms. The van der Waals surface area contributed by atoms with Gasteiger partial charge in [0.05, 0.1) is 6.61 Å². The van der Waals surface area contributed by atoms with Gasteiger partial charge in [-0.3, -0.25) is 0 Å². The average molecular weight is 253 g/mol. The van der Waals surface area contributed by atoms with Gasteiger partial charge in [-0.1, -0.05) is 13.8 Å². The van der Waals surface area contributed by atoms with Gasteiger partial charge >= 0.3 is 0 Å².